The van der Waals surface area contributed by atoms with Gasteiger partial charge in [0.25, 0.3) is 0 Å². The first-order chi connectivity index (χ1) is 14.5. The highest BCUT2D eigenvalue weighted by Crippen LogP contribution is 2.43. The lowest BCUT2D eigenvalue weighted by Gasteiger charge is -2.25. The number of carbonyl (C=O) groups is 2. The van der Waals surface area contributed by atoms with Gasteiger partial charge in [0.05, 0.1) is 11.7 Å². The van der Waals surface area contributed by atoms with E-state index in [1.54, 1.807) is 6.92 Å². The molecule has 4 heteroatoms. The van der Waals surface area contributed by atoms with Crippen LogP contribution in [0.3, 0.4) is 0 Å². The number of carbonyl (C=O) groups excluding carboxylic acids is 2. The van der Waals surface area contributed by atoms with Crippen LogP contribution in [0.25, 0.3) is 12.2 Å². The van der Waals surface area contributed by atoms with E-state index < -0.39 is 0 Å². The van der Waals surface area contributed by atoms with Gasteiger partial charge in [0.1, 0.15) is 0 Å². The normalized spacial score (nSPS) is 15.3. The number of hydrogen-bond donors (Lipinski definition) is 1. The maximum Gasteiger partial charge on any atom is 0.224 e. The van der Waals surface area contributed by atoms with Crippen molar-refractivity contribution in [2.24, 2.45) is 0 Å². The summed E-state index contributed by atoms with van der Waals surface area (Å²) in [6.07, 6.45) is 4.78. The molecule has 30 heavy (non-hydrogen) atoms. The van der Waals surface area contributed by atoms with Gasteiger partial charge in [-0.25, -0.2) is 0 Å². The summed E-state index contributed by atoms with van der Waals surface area (Å²) in [7, 11) is 0. The third-order valence-electron chi connectivity index (χ3n) is 5.32. The highest BCUT2D eigenvalue weighted by atomic mass is 16.2. The Morgan fingerprint density at radius 3 is 2.23 bits per heavy atom. The van der Waals surface area contributed by atoms with Gasteiger partial charge in [-0.2, -0.15) is 0 Å². The second kappa shape index (κ2) is 8.37. The minimum Gasteiger partial charge on any atom is -0.326 e. The summed E-state index contributed by atoms with van der Waals surface area (Å²) < 4.78 is 0. The predicted octanol–water partition coefficient (Wildman–Crippen LogP) is 5.47. The standard InChI is InChI=1S/C26H24N2O2/c1-18(29)27-24-17-26-23(15-22(24)14-13-20-9-5-3-6-10-20)16-25(28(26)19(2)30)21-11-7-4-8-12-21/h3-15,17,25H,16H2,1-2H3,(H,27,29). The topological polar surface area (TPSA) is 49.4 Å². The molecule has 0 spiro atoms. The van der Waals surface area contributed by atoms with Gasteiger partial charge in [-0.3, -0.25) is 9.59 Å². The Labute approximate surface area is 176 Å². The molecular formula is C26H24N2O2. The van der Waals surface area contributed by atoms with E-state index in [0.717, 1.165) is 34.4 Å². The number of anilines is 2. The molecule has 0 aromatic heterocycles. The Kier molecular flexibility index (Phi) is 5.48. The Balaban J connectivity index is 1.77. The van der Waals surface area contributed by atoms with Crippen molar-refractivity contribution >= 4 is 35.3 Å². The molecule has 0 aliphatic carbocycles. The molecule has 0 saturated heterocycles. The van der Waals surface area contributed by atoms with E-state index in [9.17, 15) is 9.59 Å². The third-order valence-corrected chi connectivity index (χ3v) is 5.32. The first-order valence-corrected chi connectivity index (χ1v) is 10.1. The fourth-order valence-corrected chi connectivity index (χ4v) is 4.02. The zero-order chi connectivity index (χ0) is 21.1. The average molecular weight is 396 g/mol. The first kappa shape index (κ1) is 19.6. The van der Waals surface area contributed by atoms with Gasteiger partial charge in [0.15, 0.2) is 0 Å². The fraction of sp³-hybridized carbons (Fsp3) is 0.154. The molecule has 3 aromatic rings. The zero-order valence-electron chi connectivity index (χ0n) is 17.1. The second-order valence-electron chi connectivity index (χ2n) is 7.51. The summed E-state index contributed by atoms with van der Waals surface area (Å²) >= 11 is 0. The predicted molar refractivity (Wildman–Crippen MR) is 122 cm³/mol. The summed E-state index contributed by atoms with van der Waals surface area (Å²) in [5.74, 6) is -0.153. The fourth-order valence-electron chi connectivity index (χ4n) is 4.02. The van der Waals surface area contributed by atoms with Crippen molar-refractivity contribution in [3.8, 4) is 0 Å². The lowest BCUT2D eigenvalue weighted by molar-refractivity contribution is -0.117. The number of benzene rings is 3. The van der Waals surface area contributed by atoms with Crippen molar-refractivity contribution in [1.82, 2.24) is 0 Å². The number of rotatable bonds is 4. The minimum atomic E-state index is -0.142. The maximum absolute atomic E-state index is 12.5. The number of fused-ring (bicyclic) bond motifs is 1. The van der Waals surface area contributed by atoms with Crippen molar-refractivity contribution in [3.63, 3.8) is 0 Å². The molecule has 1 aliphatic heterocycles. The lowest BCUT2D eigenvalue weighted by atomic mass is 10.0. The molecule has 1 aliphatic rings. The van der Waals surface area contributed by atoms with Gasteiger partial charge in [-0.05, 0) is 40.8 Å². The Hall–Kier alpha value is -3.66. The van der Waals surface area contributed by atoms with Gasteiger partial charge in [-0.15, -0.1) is 0 Å². The van der Waals surface area contributed by atoms with E-state index in [1.165, 1.54) is 6.92 Å². The van der Waals surface area contributed by atoms with E-state index >= 15 is 0 Å². The highest BCUT2D eigenvalue weighted by Gasteiger charge is 2.33. The van der Waals surface area contributed by atoms with Crippen molar-refractivity contribution in [2.75, 3.05) is 10.2 Å². The Morgan fingerprint density at radius 1 is 0.933 bits per heavy atom. The molecule has 3 aromatic carbocycles. The number of nitrogens with zero attached hydrogens (tertiary/aromatic N) is 1. The van der Waals surface area contributed by atoms with Crippen LogP contribution < -0.4 is 10.2 Å². The van der Waals surface area contributed by atoms with Crippen molar-refractivity contribution in [2.45, 2.75) is 26.3 Å². The molecule has 1 heterocycles. The number of amides is 2. The molecule has 4 nitrogen and oxygen atoms in total. The number of nitrogens with one attached hydrogen (secondary N) is 1. The average Bonchev–Trinajstić information content (AvgIpc) is 3.11. The summed E-state index contributed by atoms with van der Waals surface area (Å²) in [5, 5.41) is 2.93. The Morgan fingerprint density at radius 2 is 1.60 bits per heavy atom. The molecule has 0 saturated carbocycles. The van der Waals surface area contributed by atoms with Crippen LogP contribution in [0.1, 0.15) is 42.1 Å². The summed E-state index contributed by atoms with van der Waals surface area (Å²) in [5.41, 5.74) is 5.77. The molecule has 4 rings (SSSR count). The highest BCUT2D eigenvalue weighted by molar-refractivity contribution is 5.99. The lowest BCUT2D eigenvalue weighted by Crippen LogP contribution is -2.29. The van der Waals surface area contributed by atoms with Crippen LogP contribution in [0.4, 0.5) is 11.4 Å². The monoisotopic (exact) mass is 396 g/mol. The number of hydrogen-bond acceptors (Lipinski definition) is 2. The van der Waals surface area contributed by atoms with Crippen LogP contribution in [0, 0.1) is 0 Å². The van der Waals surface area contributed by atoms with Crippen LogP contribution in [0.15, 0.2) is 72.8 Å². The van der Waals surface area contributed by atoms with E-state index in [2.05, 4.69) is 23.5 Å². The van der Waals surface area contributed by atoms with Gasteiger partial charge in [0, 0.05) is 19.5 Å². The van der Waals surface area contributed by atoms with Crippen molar-refractivity contribution in [3.05, 3.63) is 95.1 Å². The van der Waals surface area contributed by atoms with E-state index in [4.69, 9.17) is 0 Å². The molecular weight excluding hydrogens is 372 g/mol. The summed E-state index contributed by atoms with van der Waals surface area (Å²) in [4.78, 5) is 26.2. The molecule has 0 bridgehead atoms. The maximum atomic E-state index is 12.5. The smallest absolute Gasteiger partial charge is 0.224 e. The first-order valence-electron chi connectivity index (χ1n) is 10.1. The molecule has 1 atom stereocenters. The largest absolute Gasteiger partial charge is 0.326 e. The van der Waals surface area contributed by atoms with E-state index in [1.807, 2.05) is 71.6 Å². The summed E-state index contributed by atoms with van der Waals surface area (Å²) in [6, 6.07) is 24.1. The zero-order valence-corrected chi connectivity index (χ0v) is 17.1. The quantitative estimate of drug-likeness (QED) is 0.595. The SMILES string of the molecule is CC(=O)Nc1cc2c(cc1C=Cc1ccccc1)CC(c1ccccc1)N2C(C)=O. The van der Waals surface area contributed by atoms with Crippen LogP contribution >= 0.6 is 0 Å². The van der Waals surface area contributed by atoms with E-state index in [-0.39, 0.29) is 17.9 Å². The summed E-state index contributed by atoms with van der Waals surface area (Å²) in [6.45, 7) is 3.08. The molecule has 150 valence electrons. The Bertz CT molecular complexity index is 1100. The van der Waals surface area contributed by atoms with Crippen LogP contribution in [0.2, 0.25) is 0 Å². The van der Waals surface area contributed by atoms with Crippen LogP contribution in [0.5, 0.6) is 0 Å². The van der Waals surface area contributed by atoms with Gasteiger partial charge in [0.2, 0.25) is 11.8 Å². The molecule has 1 unspecified atom stereocenters. The molecule has 1 N–H and O–H groups in total. The minimum absolute atomic E-state index is 0.0102. The van der Waals surface area contributed by atoms with Gasteiger partial charge in [-0.1, -0.05) is 72.8 Å². The third kappa shape index (κ3) is 4.03. The molecule has 0 radical (unpaired) electrons. The van der Waals surface area contributed by atoms with Crippen molar-refractivity contribution < 1.29 is 9.59 Å². The van der Waals surface area contributed by atoms with Crippen LogP contribution in [-0.4, -0.2) is 11.8 Å². The van der Waals surface area contributed by atoms with Gasteiger partial charge >= 0.3 is 0 Å². The van der Waals surface area contributed by atoms with Crippen molar-refractivity contribution in [1.29, 1.82) is 0 Å². The van der Waals surface area contributed by atoms with Crippen LogP contribution in [-0.2, 0) is 16.0 Å². The van der Waals surface area contributed by atoms with Gasteiger partial charge < -0.3 is 10.2 Å². The second-order valence-corrected chi connectivity index (χ2v) is 7.51. The molecule has 2 amide bonds. The van der Waals surface area contributed by atoms with E-state index in [0.29, 0.717) is 5.69 Å². The molecule has 0 fully saturated rings.